The van der Waals surface area contributed by atoms with E-state index in [1.54, 1.807) is 0 Å². The van der Waals surface area contributed by atoms with E-state index in [1.807, 2.05) is 54.6 Å². The first-order chi connectivity index (χ1) is 10.7. The minimum Gasteiger partial charge on any atom is -0.467 e. The number of aromatic nitrogens is 1. The van der Waals surface area contributed by atoms with E-state index in [-0.39, 0.29) is 6.42 Å². The third kappa shape index (κ3) is 2.61. The number of hydrogen-bond acceptors (Lipinski definition) is 3. The van der Waals surface area contributed by atoms with E-state index < -0.39 is 12.1 Å². The summed E-state index contributed by atoms with van der Waals surface area (Å²) in [5.41, 5.74) is 3.84. The summed E-state index contributed by atoms with van der Waals surface area (Å²) in [6, 6.07) is 17.7. The molecule has 3 rings (SSSR count). The molecular weight excluding hydrogens is 278 g/mol. The van der Waals surface area contributed by atoms with E-state index in [0.29, 0.717) is 0 Å². The highest BCUT2D eigenvalue weighted by atomic mass is 16.5. The summed E-state index contributed by atoms with van der Waals surface area (Å²) >= 11 is 0. The van der Waals surface area contributed by atoms with Gasteiger partial charge in [-0.25, -0.2) is 4.79 Å². The Morgan fingerprint density at radius 1 is 1.14 bits per heavy atom. The molecule has 2 aromatic carbocycles. The Kier molecular flexibility index (Phi) is 3.94. The highest BCUT2D eigenvalue weighted by Crippen LogP contribution is 2.31. The molecule has 22 heavy (non-hydrogen) atoms. The molecule has 0 aliphatic carbocycles. The predicted molar refractivity (Wildman–Crippen MR) is 85.5 cm³/mol. The Labute approximate surface area is 128 Å². The standard InChI is InChI=1S/C18H17NO3/c1-22-18(21)16(20)11-14-13-9-5-6-10-15(13)19-17(14)12-7-3-2-4-8-12/h2-10,16,19-20H,11H2,1H3. The predicted octanol–water partition coefficient (Wildman–Crippen LogP) is 2.91. The molecule has 1 unspecified atom stereocenters. The molecular formula is C18H17NO3. The molecule has 112 valence electrons. The van der Waals surface area contributed by atoms with Gasteiger partial charge in [0.25, 0.3) is 0 Å². The number of para-hydroxylation sites is 1. The van der Waals surface area contributed by atoms with E-state index in [1.165, 1.54) is 7.11 Å². The van der Waals surface area contributed by atoms with Crippen LogP contribution in [-0.2, 0) is 16.0 Å². The summed E-state index contributed by atoms with van der Waals surface area (Å²) in [6.45, 7) is 0. The highest BCUT2D eigenvalue weighted by Gasteiger charge is 2.21. The Morgan fingerprint density at radius 2 is 1.82 bits per heavy atom. The average Bonchev–Trinajstić information content (AvgIpc) is 2.93. The number of aromatic amines is 1. The third-order valence-electron chi connectivity index (χ3n) is 3.75. The maximum absolute atomic E-state index is 11.5. The molecule has 0 aliphatic rings. The van der Waals surface area contributed by atoms with Crippen LogP contribution in [0.15, 0.2) is 54.6 Å². The fourth-order valence-corrected chi connectivity index (χ4v) is 2.68. The summed E-state index contributed by atoms with van der Waals surface area (Å²) in [5, 5.41) is 11.0. The quantitative estimate of drug-likeness (QED) is 0.727. The van der Waals surface area contributed by atoms with E-state index >= 15 is 0 Å². The molecule has 0 bridgehead atoms. The molecule has 0 saturated heterocycles. The van der Waals surface area contributed by atoms with Crippen molar-refractivity contribution in [1.29, 1.82) is 0 Å². The number of methoxy groups -OCH3 is 1. The summed E-state index contributed by atoms with van der Waals surface area (Å²) in [4.78, 5) is 14.9. The fourth-order valence-electron chi connectivity index (χ4n) is 2.68. The average molecular weight is 295 g/mol. The molecule has 0 saturated carbocycles. The zero-order chi connectivity index (χ0) is 15.5. The molecule has 0 radical (unpaired) electrons. The maximum atomic E-state index is 11.5. The van der Waals surface area contributed by atoms with E-state index in [4.69, 9.17) is 0 Å². The first kappa shape index (κ1) is 14.4. The lowest BCUT2D eigenvalue weighted by Gasteiger charge is -2.10. The van der Waals surface area contributed by atoms with Gasteiger partial charge in [-0.1, -0.05) is 48.5 Å². The van der Waals surface area contributed by atoms with Crippen LogP contribution in [0.4, 0.5) is 0 Å². The summed E-state index contributed by atoms with van der Waals surface area (Å²) in [7, 11) is 1.28. The van der Waals surface area contributed by atoms with Crippen LogP contribution in [0.25, 0.3) is 22.2 Å². The second kappa shape index (κ2) is 6.03. The van der Waals surface area contributed by atoms with Crippen molar-refractivity contribution >= 4 is 16.9 Å². The van der Waals surface area contributed by atoms with Crippen molar-refractivity contribution < 1.29 is 14.6 Å². The normalized spacial score (nSPS) is 12.3. The van der Waals surface area contributed by atoms with E-state index in [9.17, 15) is 9.90 Å². The van der Waals surface area contributed by atoms with Gasteiger partial charge in [-0.2, -0.15) is 0 Å². The third-order valence-corrected chi connectivity index (χ3v) is 3.75. The van der Waals surface area contributed by atoms with Crippen LogP contribution in [0.1, 0.15) is 5.56 Å². The molecule has 1 atom stereocenters. The lowest BCUT2D eigenvalue weighted by Crippen LogP contribution is -2.24. The zero-order valence-corrected chi connectivity index (χ0v) is 12.2. The molecule has 2 N–H and O–H groups in total. The van der Waals surface area contributed by atoms with Gasteiger partial charge in [0.15, 0.2) is 6.10 Å². The summed E-state index contributed by atoms with van der Waals surface area (Å²) in [5.74, 6) is -0.621. The van der Waals surface area contributed by atoms with Crippen molar-refractivity contribution in [3.05, 3.63) is 60.2 Å². The smallest absolute Gasteiger partial charge is 0.335 e. The molecule has 0 spiro atoms. The number of nitrogens with one attached hydrogen (secondary N) is 1. The van der Waals surface area contributed by atoms with Crippen LogP contribution in [0.2, 0.25) is 0 Å². The number of aliphatic hydroxyl groups is 1. The van der Waals surface area contributed by atoms with E-state index in [2.05, 4.69) is 9.72 Å². The monoisotopic (exact) mass is 295 g/mol. The Bertz CT molecular complexity index is 792. The molecule has 0 amide bonds. The minimum absolute atomic E-state index is 0.209. The highest BCUT2D eigenvalue weighted by molar-refractivity contribution is 5.91. The van der Waals surface area contributed by atoms with Gasteiger partial charge in [0.05, 0.1) is 7.11 Å². The topological polar surface area (TPSA) is 62.3 Å². The van der Waals surface area contributed by atoms with Crippen molar-refractivity contribution in [2.24, 2.45) is 0 Å². The van der Waals surface area contributed by atoms with Crippen LogP contribution in [0.3, 0.4) is 0 Å². The minimum atomic E-state index is -1.17. The molecule has 1 heterocycles. The number of carbonyl (C=O) groups is 1. The van der Waals surface area contributed by atoms with Crippen LogP contribution < -0.4 is 0 Å². The van der Waals surface area contributed by atoms with Crippen molar-refractivity contribution in [2.45, 2.75) is 12.5 Å². The van der Waals surface area contributed by atoms with Crippen LogP contribution in [-0.4, -0.2) is 29.3 Å². The van der Waals surface area contributed by atoms with Gasteiger partial charge in [0.1, 0.15) is 0 Å². The second-order valence-electron chi connectivity index (χ2n) is 5.13. The first-order valence-electron chi connectivity index (χ1n) is 7.11. The molecule has 1 aromatic heterocycles. The van der Waals surface area contributed by atoms with Gasteiger partial charge in [0, 0.05) is 23.0 Å². The summed E-state index contributed by atoms with van der Waals surface area (Å²) < 4.78 is 4.62. The number of carbonyl (C=O) groups excluding carboxylic acids is 1. The van der Waals surface area contributed by atoms with Crippen molar-refractivity contribution in [1.82, 2.24) is 4.98 Å². The molecule has 0 fully saturated rings. The Balaban J connectivity index is 2.11. The molecule has 4 nitrogen and oxygen atoms in total. The van der Waals surface area contributed by atoms with Crippen molar-refractivity contribution in [3.63, 3.8) is 0 Å². The molecule has 4 heteroatoms. The van der Waals surface area contributed by atoms with Gasteiger partial charge in [0.2, 0.25) is 0 Å². The lowest BCUT2D eigenvalue weighted by atomic mass is 10.00. The lowest BCUT2D eigenvalue weighted by molar-refractivity contribution is -0.150. The number of fused-ring (bicyclic) bond motifs is 1. The van der Waals surface area contributed by atoms with Gasteiger partial charge >= 0.3 is 5.97 Å². The largest absolute Gasteiger partial charge is 0.467 e. The van der Waals surface area contributed by atoms with Gasteiger partial charge in [-0.05, 0) is 17.2 Å². The fraction of sp³-hybridized carbons (Fsp3) is 0.167. The number of rotatable bonds is 4. The number of benzene rings is 2. The first-order valence-corrected chi connectivity index (χ1v) is 7.11. The molecule has 3 aromatic rings. The van der Waals surface area contributed by atoms with Crippen molar-refractivity contribution in [2.75, 3.05) is 7.11 Å². The number of ether oxygens (including phenoxy) is 1. The SMILES string of the molecule is COC(=O)C(O)Cc1c(-c2ccccc2)[nH]c2ccccc12. The Morgan fingerprint density at radius 3 is 2.55 bits per heavy atom. The van der Waals surface area contributed by atoms with Crippen LogP contribution >= 0.6 is 0 Å². The summed E-state index contributed by atoms with van der Waals surface area (Å²) in [6.07, 6.45) is -0.965. The van der Waals surface area contributed by atoms with Gasteiger partial charge in [-0.15, -0.1) is 0 Å². The molecule has 0 aliphatic heterocycles. The van der Waals surface area contributed by atoms with Gasteiger partial charge < -0.3 is 14.8 Å². The maximum Gasteiger partial charge on any atom is 0.335 e. The zero-order valence-electron chi connectivity index (χ0n) is 12.2. The van der Waals surface area contributed by atoms with Gasteiger partial charge in [-0.3, -0.25) is 0 Å². The Hall–Kier alpha value is -2.59. The second-order valence-corrected chi connectivity index (χ2v) is 5.13. The number of hydrogen-bond donors (Lipinski definition) is 2. The van der Waals surface area contributed by atoms with Crippen LogP contribution in [0, 0.1) is 0 Å². The van der Waals surface area contributed by atoms with Crippen LogP contribution in [0.5, 0.6) is 0 Å². The number of H-pyrrole nitrogens is 1. The van der Waals surface area contributed by atoms with E-state index in [0.717, 1.165) is 27.7 Å². The van der Waals surface area contributed by atoms with Crippen molar-refractivity contribution in [3.8, 4) is 11.3 Å². The number of esters is 1. The number of aliphatic hydroxyl groups excluding tert-OH is 1.